The number of benzene rings is 2. The van der Waals surface area contributed by atoms with Gasteiger partial charge in [0.25, 0.3) is 0 Å². The Hall–Kier alpha value is -2.31. The summed E-state index contributed by atoms with van der Waals surface area (Å²) in [6.45, 7) is -1.10. The van der Waals surface area contributed by atoms with E-state index in [0.717, 1.165) is 32.1 Å². The molecule has 7 heteroatoms. The topological polar surface area (TPSA) is 3.24 Å². The molecule has 2 aromatic rings. The van der Waals surface area contributed by atoms with Crippen LogP contribution in [0.1, 0.15) is 32.1 Å². The molecule has 2 aromatic carbocycles. The lowest BCUT2D eigenvalue weighted by atomic mass is 9.39. The number of para-hydroxylation sites is 1. The van der Waals surface area contributed by atoms with Crippen LogP contribution in [0.15, 0.2) is 36.3 Å². The molecule has 0 spiro atoms. The molecular weight excluding hydrogens is 384 g/mol. The maximum Gasteiger partial charge on any atom is 0.244 e. The van der Waals surface area contributed by atoms with Gasteiger partial charge in [-0.15, -0.1) is 5.98 Å². The smallest absolute Gasteiger partial charge is 0.244 e. The fraction of sp³-hybridized carbons (Fsp3) is 0.364. The molecule has 1 aliphatic carbocycles. The molecule has 0 N–H and O–H groups in total. The molecule has 3 rings (SSSR count). The van der Waals surface area contributed by atoms with Gasteiger partial charge in [-0.1, -0.05) is 43.5 Å². The van der Waals surface area contributed by atoms with Gasteiger partial charge in [-0.3, -0.25) is 0 Å². The fourth-order valence-electron chi connectivity index (χ4n) is 4.00. The van der Waals surface area contributed by atoms with E-state index in [1.807, 2.05) is 6.08 Å². The van der Waals surface area contributed by atoms with Gasteiger partial charge in [0.1, 0.15) is 0 Å². The highest BCUT2D eigenvalue weighted by Crippen LogP contribution is 2.25. The third-order valence-corrected chi connectivity index (χ3v) is 5.53. The van der Waals surface area contributed by atoms with E-state index in [1.54, 1.807) is 49.2 Å². The largest absolute Gasteiger partial charge is 0.378 e. The summed E-state index contributed by atoms with van der Waals surface area (Å²) in [7, 11) is 3.53. The molecule has 1 fully saturated rings. The molecule has 0 unspecified atom stereocenters. The minimum absolute atomic E-state index is 0.235. The van der Waals surface area contributed by atoms with E-state index in [0.29, 0.717) is 11.2 Å². The summed E-state index contributed by atoms with van der Waals surface area (Å²) in [4.78, 5) is 1.75. The zero-order chi connectivity index (χ0) is 21.1. The van der Waals surface area contributed by atoms with E-state index in [4.69, 9.17) is 0 Å². The standard InChI is InChI=1S/C22H23BF5N/c1-29(2)16-11-7-6-10-15(16)23(13-12-14-8-4-3-5-9-14)17-18(24)20(26)22(28)21(27)19(17)25/h6-7,10-14H,3-5,8-9H2,1-2H3/b13-12+. The van der Waals surface area contributed by atoms with Crippen molar-refractivity contribution in [3.8, 4) is 0 Å². The summed E-state index contributed by atoms with van der Waals surface area (Å²) in [5.41, 5.74) is 0.310. The summed E-state index contributed by atoms with van der Waals surface area (Å²) >= 11 is 0. The van der Waals surface area contributed by atoms with Crippen LogP contribution in [0.25, 0.3) is 0 Å². The number of halogens is 5. The quantitative estimate of drug-likeness (QED) is 0.300. The molecule has 1 nitrogen and oxygen atoms in total. The number of hydrogen-bond donors (Lipinski definition) is 0. The van der Waals surface area contributed by atoms with E-state index >= 15 is 0 Å². The Bertz CT molecular complexity index is 877. The zero-order valence-corrected chi connectivity index (χ0v) is 16.5. The number of hydrogen-bond acceptors (Lipinski definition) is 1. The van der Waals surface area contributed by atoms with Crippen molar-refractivity contribution in [2.24, 2.45) is 5.92 Å². The monoisotopic (exact) mass is 407 g/mol. The Kier molecular flexibility index (Phi) is 6.65. The number of rotatable bonds is 5. The lowest BCUT2D eigenvalue weighted by molar-refractivity contribution is 0.384. The van der Waals surface area contributed by atoms with Crippen molar-refractivity contribution in [1.82, 2.24) is 0 Å². The molecule has 0 saturated heterocycles. The molecule has 0 heterocycles. The Labute approximate surface area is 168 Å². The highest BCUT2D eigenvalue weighted by atomic mass is 19.2. The van der Waals surface area contributed by atoms with Crippen LogP contribution < -0.4 is 15.8 Å². The third kappa shape index (κ3) is 4.33. The molecular formula is C22H23BF5N. The number of nitrogens with zero attached hydrogens (tertiary/aromatic N) is 1. The summed E-state index contributed by atoms with van der Waals surface area (Å²) in [6, 6.07) is 6.86. The van der Waals surface area contributed by atoms with Gasteiger partial charge >= 0.3 is 0 Å². The minimum Gasteiger partial charge on any atom is -0.378 e. The van der Waals surface area contributed by atoms with Gasteiger partial charge in [0.05, 0.1) is 0 Å². The Balaban J connectivity index is 2.18. The Morgan fingerprint density at radius 2 is 1.38 bits per heavy atom. The van der Waals surface area contributed by atoms with Crippen molar-refractivity contribution in [2.45, 2.75) is 32.1 Å². The van der Waals surface area contributed by atoms with Crippen LogP contribution in [0, 0.1) is 35.0 Å². The summed E-state index contributed by atoms with van der Waals surface area (Å²) in [5, 5.41) is 0. The summed E-state index contributed by atoms with van der Waals surface area (Å²) in [6.07, 6.45) is 7.06. The van der Waals surface area contributed by atoms with Crippen molar-refractivity contribution < 1.29 is 22.0 Å². The first-order valence-electron chi connectivity index (χ1n) is 9.78. The van der Waals surface area contributed by atoms with Gasteiger partial charge in [-0.05, 0) is 30.3 Å². The summed E-state index contributed by atoms with van der Waals surface area (Å²) < 4.78 is 70.8. The number of allylic oxidation sites excluding steroid dienone is 1. The lowest BCUT2D eigenvalue weighted by Gasteiger charge is -2.23. The fourth-order valence-corrected chi connectivity index (χ4v) is 4.00. The van der Waals surface area contributed by atoms with Gasteiger partial charge in [-0.2, -0.15) is 0 Å². The van der Waals surface area contributed by atoms with Crippen LogP contribution in [-0.2, 0) is 0 Å². The van der Waals surface area contributed by atoms with E-state index in [-0.39, 0.29) is 5.92 Å². The Morgan fingerprint density at radius 1 is 0.828 bits per heavy atom. The molecule has 1 aliphatic rings. The predicted molar refractivity (Wildman–Crippen MR) is 108 cm³/mol. The average Bonchev–Trinajstić information content (AvgIpc) is 2.74. The second-order valence-electron chi connectivity index (χ2n) is 7.70. The van der Waals surface area contributed by atoms with Crippen LogP contribution in [0.2, 0.25) is 0 Å². The molecule has 0 atom stereocenters. The van der Waals surface area contributed by atoms with E-state index in [9.17, 15) is 22.0 Å². The maximum absolute atomic E-state index is 14.7. The molecule has 0 aromatic heterocycles. The van der Waals surface area contributed by atoms with Crippen molar-refractivity contribution in [3.63, 3.8) is 0 Å². The van der Waals surface area contributed by atoms with Crippen LogP contribution in [0.5, 0.6) is 0 Å². The third-order valence-electron chi connectivity index (χ3n) is 5.53. The van der Waals surface area contributed by atoms with Gasteiger partial charge in [0.2, 0.25) is 6.71 Å². The van der Waals surface area contributed by atoms with Crippen LogP contribution in [0.4, 0.5) is 27.6 Å². The molecule has 29 heavy (non-hydrogen) atoms. The van der Waals surface area contributed by atoms with Gasteiger partial charge in [-0.25, -0.2) is 22.0 Å². The van der Waals surface area contributed by atoms with Crippen molar-refractivity contribution in [3.05, 3.63) is 65.4 Å². The van der Waals surface area contributed by atoms with Crippen LogP contribution in [-0.4, -0.2) is 20.8 Å². The average molecular weight is 407 g/mol. The summed E-state index contributed by atoms with van der Waals surface area (Å²) in [5.74, 6) is -7.72. The number of anilines is 1. The van der Waals surface area contributed by atoms with E-state index < -0.39 is 41.3 Å². The van der Waals surface area contributed by atoms with Crippen molar-refractivity contribution in [1.29, 1.82) is 0 Å². The first kappa shape index (κ1) is 21.4. The van der Waals surface area contributed by atoms with E-state index in [1.165, 1.54) is 0 Å². The van der Waals surface area contributed by atoms with Crippen LogP contribution in [0.3, 0.4) is 0 Å². The zero-order valence-electron chi connectivity index (χ0n) is 16.5. The first-order valence-corrected chi connectivity index (χ1v) is 9.78. The lowest BCUT2D eigenvalue weighted by Crippen LogP contribution is -2.47. The predicted octanol–water partition coefficient (Wildman–Crippen LogP) is 4.73. The second kappa shape index (κ2) is 9.01. The second-order valence-corrected chi connectivity index (χ2v) is 7.70. The highest BCUT2D eigenvalue weighted by Gasteiger charge is 2.33. The van der Waals surface area contributed by atoms with Gasteiger partial charge in [0, 0.05) is 25.2 Å². The minimum atomic E-state index is -2.14. The normalized spacial score (nSPS) is 15.1. The first-order chi connectivity index (χ1) is 13.8. The molecule has 0 bridgehead atoms. The maximum atomic E-state index is 14.7. The molecule has 0 amide bonds. The molecule has 154 valence electrons. The van der Waals surface area contributed by atoms with Gasteiger partial charge < -0.3 is 4.90 Å². The van der Waals surface area contributed by atoms with Crippen LogP contribution >= 0.6 is 0 Å². The van der Waals surface area contributed by atoms with E-state index in [2.05, 4.69) is 0 Å². The highest BCUT2D eigenvalue weighted by molar-refractivity contribution is 6.90. The SMILES string of the molecule is CN(C)c1ccccc1B(/C=C/C1CCCCC1)c1c(F)c(F)c(F)c(F)c1F. The van der Waals surface area contributed by atoms with Crippen molar-refractivity contribution in [2.75, 3.05) is 19.0 Å². The van der Waals surface area contributed by atoms with Crippen molar-refractivity contribution >= 4 is 23.3 Å². The Morgan fingerprint density at radius 3 is 1.97 bits per heavy atom. The molecule has 1 saturated carbocycles. The van der Waals surface area contributed by atoms with Gasteiger partial charge in [0.15, 0.2) is 29.1 Å². The molecule has 0 radical (unpaired) electrons. The molecule has 0 aliphatic heterocycles.